The summed E-state index contributed by atoms with van der Waals surface area (Å²) < 4.78 is 0. The van der Waals surface area contributed by atoms with E-state index < -0.39 is 0 Å². The van der Waals surface area contributed by atoms with Crippen LogP contribution in [0.4, 0.5) is 0 Å². The number of hydrogen-bond acceptors (Lipinski definition) is 3. The van der Waals surface area contributed by atoms with Crippen LogP contribution in [0.15, 0.2) is 54.6 Å². The number of carbonyl (C=O) groups excluding carboxylic acids is 2. The van der Waals surface area contributed by atoms with Gasteiger partial charge in [0.15, 0.2) is 0 Å². The molecule has 4 rings (SSSR count). The van der Waals surface area contributed by atoms with Gasteiger partial charge in [0.2, 0.25) is 5.91 Å². The normalized spacial score (nSPS) is 17.7. The summed E-state index contributed by atoms with van der Waals surface area (Å²) in [6.45, 7) is 5.59. The topological polar surface area (TPSA) is 52.7 Å². The Kier molecular flexibility index (Phi) is 9.35. The molecule has 0 spiro atoms. The number of nitrogens with zero attached hydrogens (tertiary/aromatic N) is 2. The molecule has 2 aromatic carbocycles. The van der Waals surface area contributed by atoms with Crippen LogP contribution in [0.2, 0.25) is 0 Å². The maximum atomic E-state index is 13.4. The van der Waals surface area contributed by atoms with Crippen molar-refractivity contribution in [1.82, 2.24) is 15.1 Å². The molecule has 0 aromatic heterocycles. The van der Waals surface area contributed by atoms with Gasteiger partial charge in [0.25, 0.3) is 5.91 Å². The van der Waals surface area contributed by atoms with Gasteiger partial charge in [-0.15, -0.1) is 0 Å². The van der Waals surface area contributed by atoms with E-state index in [0.29, 0.717) is 13.0 Å². The minimum atomic E-state index is 0.0708. The fourth-order valence-electron chi connectivity index (χ4n) is 5.49. The summed E-state index contributed by atoms with van der Waals surface area (Å²) in [5, 5.41) is 3.25. The molecule has 2 aromatic rings. The molecule has 2 aliphatic rings. The molecule has 1 aliphatic heterocycles. The fourth-order valence-corrected chi connectivity index (χ4v) is 5.49. The van der Waals surface area contributed by atoms with E-state index in [4.69, 9.17) is 0 Å². The second-order valence-electron chi connectivity index (χ2n) is 10.2. The number of hydrogen-bond donors (Lipinski definition) is 1. The van der Waals surface area contributed by atoms with Crippen molar-refractivity contribution < 1.29 is 9.59 Å². The van der Waals surface area contributed by atoms with Crippen molar-refractivity contribution in [3.63, 3.8) is 0 Å². The lowest BCUT2D eigenvalue weighted by Crippen LogP contribution is -2.46. The molecule has 5 heteroatoms. The van der Waals surface area contributed by atoms with Crippen LogP contribution in [-0.2, 0) is 17.8 Å². The van der Waals surface area contributed by atoms with Crippen LogP contribution >= 0.6 is 0 Å². The summed E-state index contributed by atoms with van der Waals surface area (Å²) in [7, 11) is 0. The number of nitrogens with one attached hydrogen (secondary N) is 1. The molecule has 188 valence electrons. The van der Waals surface area contributed by atoms with Crippen molar-refractivity contribution in [1.29, 1.82) is 0 Å². The molecule has 0 radical (unpaired) electrons. The molecule has 0 unspecified atom stereocenters. The van der Waals surface area contributed by atoms with E-state index in [1.165, 1.54) is 17.5 Å². The highest BCUT2D eigenvalue weighted by atomic mass is 16.2. The summed E-state index contributed by atoms with van der Waals surface area (Å²) in [4.78, 5) is 30.7. The average Bonchev–Trinajstić information content (AvgIpc) is 2.91. The van der Waals surface area contributed by atoms with Gasteiger partial charge in [-0.1, -0.05) is 68.7 Å². The van der Waals surface area contributed by atoms with Crippen molar-refractivity contribution >= 4 is 11.8 Å². The number of aryl methyl sites for hydroxylation is 1. The first-order chi connectivity index (χ1) is 17.1. The van der Waals surface area contributed by atoms with Crippen LogP contribution in [0, 0.1) is 0 Å². The highest BCUT2D eigenvalue weighted by Gasteiger charge is 2.27. The first kappa shape index (κ1) is 25.4. The Balaban J connectivity index is 1.27. The van der Waals surface area contributed by atoms with Gasteiger partial charge in [0, 0.05) is 50.2 Å². The quantitative estimate of drug-likeness (QED) is 0.543. The molecule has 1 aliphatic carbocycles. The van der Waals surface area contributed by atoms with Crippen LogP contribution in [0.3, 0.4) is 0 Å². The van der Waals surface area contributed by atoms with E-state index in [0.717, 1.165) is 70.1 Å². The lowest BCUT2D eigenvalue weighted by Gasteiger charge is -2.35. The third-order valence-corrected chi connectivity index (χ3v) is 7.67. The molecule has 0 bridgehead atoms. The van der Waals surface area contributed by atoms with Gasteiger partial charge in [-0.25, -0.2) is 0 Å². The van der Waals surface area contributed by atoms with Gasteiger partial charge < -0.3 is 10.2 Å². The Morgan fingerprint density at radius 3 is 2.23 bits per heavy atom. The van der Waals surface area contributed by atoms with Crippen molar-refractivity contribution in [2.45, 2.75) is 83.3 Å². The molecule has 1 saturated heterocycles. The van der Waals surface area contributed by atoms with E-state index in [1.807, 2.05) is 29.2 Å². The fraction of sp³-hybridized carbons (Fsp3) is 0.533. The number of amides is 2. The summed E-state index contributed by atoms with van der Waals surface area (Å²) >= 11 is 0. The summed E-state index contributed by atoms with van der Waals surface area (Å²) in [5.41, 5.74) is 3.31. The highest BCUT2D eigenvalue weighted by Crippen LogP contribution is 2.25. The lowest BCUT2D eigenvalue weighted by atomic mass is 9.93. The first-order valence-electron chi connectivity index (χ1n) is 13.6. The molecule has 2 fully saturated rings. The molecule has 35 heavy (non-hydrogen) atoms. The van der Waals surface area contributed by atoms with Crippen LogP contribution in [0.1, 0.15) is 79.8 Å². The van der Waals surface area contributed by atoms with Gasteiger partial charge in [-0.3, -0.25) is 14.5 Å². The third-order valence-electron chi connectivity index (χ3n) is 7.67. The zero-order valence-corrected chi connectivity index (χ0v) is 21.3. The van der Waals surface area contributed by atoms with E-state index in [-0.39, 0.29) is 23.9 Å². The Hall–Kier alpha value is -2.66. The smallest absolute Gasteiger partial charge is 0.254 e. The van der Waals surface area contributed by atoms with Gasteiger partial charge in [0.1, 0.15) is 0 Å². The van der Waals surface area contributed by atoms with E-state index in [9.17, 15) is 9.59 Å². The van der Waals surface area contributed by atoms with Crippen LogP contribution < -0.4 is 5.32 Å². The Labute approximate surface area is 210 Å². The highest BCUT2D eigenvalue weighted by molar-refractivity contribution is 5.94. The van der Waals surface area contributed by atoms with Crippen LogP contribution in [0.25, 0.3) is 0 Å². The predicted octanol–water partition coefficient (Wildman–Crippen LogP) is 5.19. The predicted molar refractivity (Wildman–Crippen MR) is 141 cm³/mol. The first-order valence-corrected chi connectivity index (χ1v) is 13.6. The second-order valence-corrected chi connectivity index (χ2v) is 10.2. The Morgan fingerprint density at radius 1 is 0.886 bits per heavy atom. The number of likely N-dealkylation sites (tertiary alicyclic amines) is 1. The molecule has 1 saturated carbocycles. The summed E-state index contributed by atoms with van der Waals surface area (Å²) in [6, 6.07) is 19.0. The zero-order chi connectivity index (χ0) is 24.5. The molecule has 0 atom stereocenters. The van der Waals surface area contributed by atoms with Crippen molar-refractivity contribution in [3.05, 3.63) is 71.3 Å². The molecular formula is C30H41N3O2. The molecule has 1 N–H and O–H groups in total. The molecule has 5 nitrogen and oxygen atoms in total. The average molecular weight is 476 g/mol. The maximum absolute atomic E-state index is 13.4. The largest absolute Gasteiger partial charge is 0.353 e. The Morgan fingerprint density at radius 2 is 1.57 bits per heavy atom. The third kappa shape index (κ3) is 7.41. The van der Waals surface area contributed by atoms with Crippen molar-refractivity contribution in [2.24, 2.45) is 0 Å². The van der Waals surface area contributed by atoms with Gasteiger partial charge in [0.05, 0.1) is 0 Å². The van der Waals surface area contributed by atoms with Crippen molar-refractivity contribution in [3.8, 4) is 0 Å². The maximum Gasteiger partial charge on any atom is 0.254 e. The van der Waals surface area contributed by atoms with E-state index in [2.05, 4.69) is 47.5 Å². The molecule has 1 heterocycles. The zero-order valence-electron chi connectivity index (χ0n) is 21.3. The van der Waals surface area contributed by atoms with Gasteiger partial charge in [-0.2, -0.15) is 0 Å². The van der Waals surface area contributed by atoms with E-state index >= 15 is 0 Å². The SMILES string of the molecule is CCc1ccc(C(=O)N(CCC(=O)NC2CCN(Cc3ccccc3)CC2)C2CCCCC2)cc1. The lowest BCUT2D eigenvalue weighted by molar-refractivity contribution is -0.122. The summed E-state index contributed by atoms with van der Waals surface area (Å²) in [6.07, 6.45) is 8.95. The minimum absolute atomic E-state index is 0.0708. The van der Waals surface area contributed by atoms with Crippen LogP contribution in [0.5, 0.6) is 0 Å². The van der Waals surface area contributed by atoms with E-state index in [1.54, 1.807) is 0 Å². The number of rotatable bonds is 9. The monoisotopic (exact) mass is 475 g/mol. The minimum Gasteiger partial charge on any atom is -0.353 e. The number of piperidine rings is 1. The number of carbonyl (C=O) groups is 2. The van der Waals surface area contributed by atoms with Gasteiger partial charge in [-0.05, 0) is 55.4 Å². The Bertz CT molecular complexity index is 930. The van der Waals surface area contributed by atoms with Crippen LogP contribution in [-0.4, -0.2) is 53.3 Å². The number of benzene rings is 2. The second kappa shape index (κ2) is 12.9. The summed E-state index contributed by atoms with van der Waals surface area (Å²) in [5.74, 6) is 0.142. The molecule has 2 amide bonds. The molecular weight excluding hydrogens is 434 g/mol. The van der Waals surface area contributed by atoms with Gasteiger partial charge >= 0.3 is 0 Å². The van der Waals surface area contributed by atoms with Crippen molar-refractivity contribution in [2.75, 3.05) is 19.6 Å². The standard InChI is InChI=1S/C30H41N3O2/c1-2-24-13-15-26(16-14-24)30(35)33(28-11-7-4-8-12-28)22-19-29(34)31-27-17-20-32(21-18-27)23-25-9-5-3-6-10-25/h3,5-6,9-10,13-16,27-28H,2,4,7-8,11-12,17-23H2,1H3,(H,31,34).